The van der Waals surface area contributed by atoms with E-state index in [0.717, 1.165) is 18.3 Å². The van der Waals surface area contributed by atoms with Gasteiger partial charge in [0.05, 0.1) is 5.82 Å². The fraction of sp³-hybridized carbons (Fsp3) is 0.833. The van der Waals surface area contributed by atoms with Crippen molar-refractivity contribution in [2.75, 3.05) is 19.6 Å². The molecule has 0 aromatic rings. The zero-order valence-corrected chi connectivity index (χ0v) is 9.47. The molecule has 0 atom stereocenters. The molecule has 1 aliphatic carbocycles. The Morgan fingerprint density at radius 2 is 2.29 bits per heavy atom. The highest BCUT2D eigenvalue weighted by molar-refractivity contribution is 5.04. The first-order valence-corrected chi connectivity index (χ1v) is 5.83. The first-order chi connectivity index (χ1) is 6.65. The molecule has 0 bridgehead atoms. The summed E-state index contributed by atoms with van der Waals surface area (Å²) >= 11 is 0. The Bertz CT molecular complexity index is 228. The largest absolute Gasteiger partial charge is 0.373 e. The van der Waals surface area contributed by atoms with Gasteiger partial charge in [-0.25, -0.2) is 0 Å². The highest BCUT2D eigenvalue weighted by atomic mass is 15.3. The van der Waals surface area contributed by atoms with E-state index in [4.69, 9.17) is 0 Å². The summed E-state index contributed by atoms with van der Waals surface area (Å²) in [7, 11) is 0. The van der Waals surface area contributed by atoms with Crippen molar-refractivity contribution in [3.05, 3.63) is 12.4 Å². The van der Waals surface area contributed by atoms with Crippen LogP contribution in [0.15, 0.2) is 12.4 Å². The Kier molecular flexibility index (Phi) is 2.46. The van der Waals surface area contributed by atoms with Crippen LogP contribution in [0.25, 0.3) is 0 Å². The normalized spacial score (nSPS) is 35.9. The summed E-state index contributed by atoms with van der Waals surface area (Å²) in [4.78, 5) is 2.43. The summed E-state index contributed by atoms with van der Waals surface area (Å²) in [5, 5.41) is 3.32. The molecule has 1 aliphatic heterocycles. The van der Waals surface area contributed by atoms with Gasteiger partial charge in [0.1, 0.15) is 0 Å². The van der Waals surface area contributed by atoms with E-state index in [-0.39, 0.29) is 0 Å². The van der Waals surface area contributed by atoms with Gasteiger partial charge in [0.15, 0.2) is 0 Å². The third-order valence-corrected chi connectivity index (χ3v) is 3.76. The molecule has 0 aromatic heterocycles. The van der Waals surface area contributed by atoms with Gasteiger partial charge in [0.25, 0.3) is 0 Å². The van der Waals surface area contributed by atoms with E-state index in [1.807, 2.05) is 0 Å². The van der Waals surface area contributed by atoms with Crippen molar-refractivity contribution >= 4 is 0 Å². The van der Waals surface area contributed by atoms with Gasteiger partial charge in [0, 0.05) is 19.6 Å². The summed E-state index contributed by atoms with van der Waals surface area (Å²) in [5.41, 5.74) is 0.664. The smallest absolute Gasteiger partial charge is 0.0938 e. The minimum Gasteiger partial charge on any atom is -0.373 e. The maximum atomic E-state index is 4.08. The zero-order valence-electron chi connectivity index (χ0n) is 9.47. The van der Waals surface area contributed by atoms with Crippen LogP contribution in [0, 0.1) is 11.3 Å². The van der Waals surface area contributed by atoms with Gasteiger partial charge in [-0.2, -0.15) is 0 Å². The molecule has 2 rings (SSSR count). The number of nitrogens with zero attached hydrogens (tertiary/aromatic N) is 1. The summed E-state index contributed by atoms with van der Waals surface area (Å²) in [6, 6.07) is 0. The van der Waals surface area contributed by atoms with Crippen LogP contribution >= 0.6 is 0 Å². The first kappa shape index (κ1) is 9.88. The van der Waals surface area contributed by atoms with Crippen LogP contribution in [-0.2, 0) is 0 Å². The Morgan fingerprint density at radius 3 is 2.86 bits per heavy atom. The van der Waals surface area contributed by atoms with Crippen molar-refractivity contribution in [3.63, 3.8) is 0 Å². The third kappa shape index (κ3) is 1.62. The minimum atomic E-state index is 0.664. The Hall–Kier alpha value is -0.660. The van der Waals surface area contributed by atoms with E-state index in [0.29, 0.717) is 5.41 Å². The monoisotopic (exact) mass is 194 g/mol. The second-order valence-electron chi connectivity index (χ2n) is 5.16. The number of hydrogen-bond donors (Lipinski definition) is 1. The molecule has 1 saturated carbocycles. The molecule has 1 spiro atoms. The average Bonchev–Trinajstić information content (AvgIpc) is 2.49. The predicted octanol–water partition coefficient (Wildman–Crippen LogP) is 2.19. The molecule has 0 aromatic carbocycles. The highest BCUT2D eigenvalue weighted by Crippen LogP contribution is 2.51. The van der Waals surface area contributed by atoms with Gasteiger partial charge in [-0.1, -0.05) is 13.5 Å². The van der Waals surface area contributed by atoms with Crippen molar-refractivity contribution in [1.82, 2.24) is 10.2 Å². The lowest BCUT2D eigenvalue weighted by Gasteiger charge is -2.43. The molecule has 2 heteroatoms. The maximum Gasteiger partial charge on any atom is 0.0938 e. The van der Waals surface area contributed by atoms with Crippen LogP contribution in [0.3, 0.4) is 0 Å². The van der Waals surface area contributed by atoms with E-state index in [1.54, 1.807) is 0 Å². The van der Waals surface area contributed by atoms with Crippen LogP contribution in [0.1, 0.15) is 33.1 Å². The van der Waals surface area contributed by atoms with Crippen LogP contribution in [-0.4, -0.2) is 24.5 Å². The minimum absolute atomic E-state index is 0.664. The average molecular weight is 194 g/mol. The standard InChI is InChI=1S/C12H22N2/c1-4-13-11(3)14-6-5-12(9-14)7-10(2)8-12/h10,13H,3-9H2,1-2H3. The zero-order chi connectivity index (χ0) is 10.2. The number of likely N-dealkylation sites (tertiary alicyclic amines) is 1. The van der Waals surface area contributed by atoms with E-state index >= 15 is 0 Å². The fourth-order valence-electron chi connectivity index (χ4n) is 3.23. The molecular weight excluding hydrogens is 172 g/mol. The Morgan fingerprint density at radius 1 is 1.57 bits per heavy atom. The van der Waals surface area contributed by atoms with Crippen molar-refractivity contribution in [2.45, 2.75) is 33.1 Å². The van der Waals surface area contributed by atoms with E-state index in [9.17, 15) is 0 Å². The number of nitrogens with one attached hydrogen (secondary N) is 1. The molecule has 2 nitrogen and oxygen atoms in total. The van der Waals surface area contributed by atoms with Crippen molar-refractivity contribution < 1.29 is 0 Å². The van der Waals surface area contributed by atoms with Gasteiger partial charge < -0.3 is 10.2 Å². The maximum absolute atomic E-state index is 4.08. The van der Waals surface area contributed by atoms with Crippen molar-refractivity contribution in [2.24, 2.45) is 11.3 Å². The highest BCUT2D eigenvalue weighted by Gasteiger charge is 2.46. The SMILES string of the molecule is C=C(NCC)N1CCC2(CC(C)C2)C1. The van der Waals surface area contributed by atoms with Crippen molar-refractivity contribution in [3.8, 4) is 0 Å². The second kappa shape index (κ2) is 3.48. The number of rotatable bonds is 3. The van der Waals surface area contributed by atoms with Crippen LogP contribution in [0.2, 0.25) is 0 Å². The molecule has 2 fully saturated rings. The molecule has 0 radical (unpaired) electrons. The lowest BCUT2D eigenvalue weighted by Crippen LogP contribution is -2.39. The molecule has 1 saturated heterocycles. The molecule has 80 valence electrons. The fourth-order valence-corrected chi connectivity index (χ4v) is 3.23. The quantitative estimate of drug-likeness (QED) is 0.741. The van der Waals surface area contributed by atoms with Gasteiger partial charge in [0.2, 0.25) is 0 Å². The second-order valence-corrected chi connectivity index (χ2v) is 5.16. The van der Waals surface area contributed by atoms with E-state index in [1.165, 1.54) is 32.4 Å². The first-order valence-electron chi connectivity index (χ1n) is 5.83. The summed E-state index contributed by atoms with van der Waals surface area (Å²) < 4.78 is 0. The summed E-state index contributed by atoms with van der Waals surface area (Å²) in [6.07, 6.45) is 4.24. The Labute approximate surface area is 87.4 Å². The Balaban J connectivity index is 1.86. The van der Waals surface area contributed by atoms with Gasteiger partial charge in [-0.05, 0) is 37.5 Å². The third-order valence-electron chi connectivity index (χ3n) is 3.76. The van der Waals surface area contributed by atoms with Gasteiger partial charge >= 0.3 is 0 Å². The molecule has 1 N–H and O–H groups in total. The molecule has 1 heterocycles. The summed E-state index contributed by atoms with van der Waals surface area (Å²) in [5.74, 6) is 2.09. The van der Waals surface area contributed by atoms with Crippen molar-refractivity contribution in [1.29, 1.82) is 0 Å². The number of hydrogen-bond acceptors (Lipinski definition) is 2. The molecule has 0 amide bonds. The topological polar surface area (TPSA) is 15.3 Å². The van der Waals surface area contributed by atoms with Gasteiger partial charge in [-0.15, -0.1) is 0 Å². The predicted molar refractivity (Wildman–Crippen MR) is 59.8 cm³/mol. The lowest BCUT2D eigenvalue weighted by molar-refractivity contribution is 0.0784. The van der Waals surface area contributed by atoms with Crippen LogP contribution < -0.4 is 5.32 Å². The van der Waals surface area contributed by atoms with Crippen LogP contribution in [0.4, 0.5) is 0 Å². The van der Waals surface area contributed by atoms with E-state index in [2.05, 4.69) is 30.6 Å². The van der Waals surface area contributed by atoms with Crippen LogP contribution in [0.5, 0.6) is 0 Å². The van der Waals surface area contributed by atoms with Gasteiger partial charge in [-0.3, -0.25) is 0 Å². The molecule has 14 heavy (non-hydrogen) atoms. The molecule has 2 aliphatic rings. The molecular formula is C12H22N2. The molecule has 0 unspecified atom stereocenters. The van der Waals surface area contributed by atoms with E-state index < -0.39 is 0 Å². The summed E-state index contributed by atoms with van der Waals surface area (Å²) in [6.45, 7) is 12.0. The lowest BCUT2D eigenvalue weighted by atomic mass is 9.62.